The molecule has 34 heavy (non-hydrogen) atoms. The minimum atomic E-state index is -0.429. The quantitative estimate of drug-likeness (QED) is 0.684. The fourth-order valence-electron chi connectivity index (χ4n) is 5.08. The number of carbonyl (C=O) groups is 1. The predicted molar refractivity (Wildman–Crippen MR) is 121 cm³/mol. The van der Waals surface area contributed by atoms with Gasteiger partial charge in [-0.25, -0.2) is 14.8 Å². The van der Waals surface area contributed by atoms with E-state index in [2.05, 4.69) is 20.6 Å². The lowest BCUT2D eigenvalue weighted by Crippen LogP contribution is -2.42. The van der Waals surface area contributed by atoms with Gasteiger partial charge < -0.3 is 34.3 Å². The van der Waals surface area contributed by atoms with E-state index in [4.69, 9.17) is 23.7 Å². The van der Waals surface area contributed by atoms with Crippen LogP contribution in [-0.2, 0) is 14.2 Å². The van der Waals surface area contributed by atoms with Gasteiger partial charge in [0.2, 0.25) is 12.7 Å². The summed E-state index contributed by atoms with van der Waals surface area (Å²) in [4.78, 5) is 21.4. The predicted octanol–water partition coefficient (Wildman–Crippen LogP) is 2.88. The molecule has 10 nitrogen and oxygen atoms in total. The number of ether oxygens (including phenoxy) is 5. The lowest BCUT2D eigenvalue weighted by molar-refractivity contribution is 0.00314. The van der Waals surface area contributed by atoms with E-state index in [1.807, 2.05) is 24.3 Å². The number of aromatic nitrogens is 2. The molecule has 0 unspecified atom stereocenters. The zero-order chi connectivity index (χ0) is 22.9. The lowest BCUT2D eigenvalue weighted by Gasteiger charge is -2.24. The molecular formula is C24H28N4O6. The van der Waals surface area contributed by atoms with Crippen molar-refractivity contribution >= 4 is 12.0 Å². The van der Waals surface area contributed by atoms with Crippen LogP contribution >= 0.6 is 0 Å². The monoisotopic (exact) mass is 468 g/mol. The van der Waals surface area contributed by atoms with Gasteiger partial charge in [0.25, 0.3) is 0 Å². The van der Waals surface area contributed by atoms with E-state index in [-0.39, 0.29) is 37.2 Å². The number of hydrogen-bond donors (Lipinski definition) is 2. The Balaban J connectivity index is 1.07. The van der Waals surface area contributed by atoms with E-state index in [0.29, 0.717) is 24.9 Å². The van der Waals surface area contributed by atoms with Gasteiger partial charge in [-0.15, -0.1) is 0 Å². The van der Waals surface area contributed by atoms with Gasteiger partial charge in [0.05, 0.1) is 24.9 Å². The second-order valence-electron chi connectivity index (χ2n) is 9.10. The Morgan fingerprint density at radius 3 is 2.76 bits per heavy atom. The summed E-state index contributed by atoms with van der Waals surface area (Å²) in [6.45, 7) is 0.952. The Bertz CT molecular complexity index is 1050. The topological polar surface area (TPSA) is 113 Å². The molecular weight excluding hydrogens is 440 g/mol. The number of amides is 1. The Labute approximate surface area is 197 Å². The number of nitrogens with zero attached hydrogens (tertiary/aromatic N) is 2. The number of rotatable bonds is 5. The molecule has 4 heterocycles. The molecule has 1 aliphatic carbocycles. The Morgan fingerprint density at radius 2 is 1.85 bits per heavy atom. The first kappa shape index (κ1) is 21.4. The molecule has 2 saturated heterocycles. The van der Waals surface area contributed by atoms with Gasteiger partial charge in [0.15, 0.2) is 17.6 Å². The molecule has 2 aromatic rings. The second kappa shape index (κ2) is 9.27. The highest BCUT2D eigenvalue weighted by atomic mass is 16.7. The summed E-state index contributed by atoms with van der Waals surface area (Å²) in [7, 11) is 0. The van der Waals surface area contributed by atoms with Gasteiger partial charge in [-0.2, -0.15) is 0 Å². The van der Waals surface area contributed by atoms with Gasteiger partial charge in [0.1, 0.15) is 12.2 Å². The maximum atomic E-state index is 12.4. The van der Waals surface area contributed by atoms with Gasteiger partial charge >= 0.3 is 6.09 Å². The number of nitrogens with one attached hydrogen (secondary N) is 2. The molecule has 0 spiro atoms. The van der Waals surface area contributed by atoms with Crippen LogP contribution in [0.4, 0.5) is 10.7 Å². The summed E-state index contributed by atoms with van der Waals surface area (Å²) in [5, 5.41) is 6.32. The Hall–Kier alpha value is -3.11. The number of fused-ring (bicyclic) bond motifs is 2. The van der Waals surface area contributed by atoms with Gasteiger partial charge in [-0.3, -0.25) is 0 Å². The van der Waals surface area contributed by atoms with Crippen LogP contribution in [0.5, 0.6) is 11.5 Å². The van der Waals surface area contributed by atoms with Crippen LogP contribution in [0.2, 0.25) is 0 Å². The van der Waals surface area contributed by atoms with Crippen LogP contribution in [0.15, 0.2) is 30.5 Å². The zero-order valence-electron chi connectivity index (χ0n) is 18.8. The molecule has 6 rings (SSSR count). The smallest absolute Gasteiger partial charge is 0.407 e. The fraction of sp³-hybridized carbons (Fsp3) is 0.542. The van der Waals surface area contributed by atoms with Crippen molar-refractivity contribution in [1.82, 2.24) is 15.3 Å². The lowest BCUT2D eigenvalue weighted by atomic mass is 9.96. The Morgan fingerprint density at radius 1 is 1.00 bits per heavy atom. The molecule has 4 aliphatic rings. The van der Waals surface area contributed by atoms with Crippen molar-refractivity contribution in [3.05, 3.63) is 30.5 Å². The number of benzene rings is 1. The molecule has 1 saturated carbocycles. The number of hydrogen-bond acceptors (Lipinski definition) is 9. The summed E-state index contributed by atoms with van der Waals surface area (Å²) >= 11 is 0. The van der Waals surface area contributed by atoms with Crippen molar-refractivity contribution < 1.29 is 28.5 Å². The molecule has 0 radical (unpaired) electrons. The molecule has 0 bridgehead atoms. The fourth-order valence-corrected chi connectivity index (χ4v) is 5.08. The summed E-state index contributed by atoms with van der Waals surface area (Å²) < 4.78 is 28.4. The van der Waals surface area contributed by atoms with Gasteiger partial charge in [-0.05, 0) is 37.1 Å². The van der Waals surface area contributed by atoms with E-state index in [1.165, 1.54) is 6.42 Å². The minimum Gasteiger partial charge on any atom is -0.454 e. The molecule has 3 fully saturated rings. The Kier molecular flexibility index (Phi) is 5.84. The van der Waals surface area contributed by atoms with Crippen molar-refractivity contribution in [2.24, 2.45) is 0 Å². The second-order valence-corrected chi connectivity index (χ2v) is 9.10. The first-order chi connectivity index (χ1) is 16.7. The van der Waals surface area contributed by atoms with Gasteiger partial charge in [-0.1, -0.05) is 19.3 Å². The third kappa shape index (κ3) is 4.35. The number of alkyl carbamates (subject to hydrolysis) is 1. The van der Waals surface area contributed by atoms with Crippen LogP contribution in [-0.4, -0.2) is 66.5 Å². The van der Waals surface area contributed by atoms with Crippen LogP contribution in [0.1, 0.15) is 32.1 Å². The third-order valence-electron chi connectivity index (χ3n) is 6.83. The van der Waals surface area contributed by atoms with E-state index >= 15 is 0 Å². The van der Waals surface area contributed by atoms with Crippen molar-refractivity contribution in [3.8, 4) is 22.8 Å². The molecule has 180 valence electrons. The first-order valence-electron chi connectivity index (χ1n) is 11.9. The van der Waals surface area contributed by atoms with E-state index < -0.39 is 6.10 Å². The molecule has 1 amide bonds. The summed E-state index contributed by atoms with van der Waals surface area (Å²) in [6.07, 6.45) is 5.89. The molecule has 1 aromatic heterocycles. The average molecular weight is 469 g/mol. The summed E-state index contributed by atoms with van der Waals surface area (Å²) in [6, 6.07) is 7.62. The summed E-state index contributed by atoms with van der Waals surface area (Å²) in [5.41, 5.74) is 1.67. The van der Waals surface area contributed by atoms with Crippen molar-refractivity contribution in [2.45, 2.75) is 62.5 Å². The van der Waals surface area contributed by atoms with Crippen LogP contribution in [0, 0.1) is 0 Å². The number of carbonyl (C=O) groups excluding carboxylic acids is 1. The van der Waals surface area contributed by atoms with Gasteiger partial charge in [0, 0.05) is 17.8 Å². The molecule has 1 aromatic carbocycles. The molecule has 4 atom stereocenters. The summed E-state index contributed by atoms with van der Waals surface area (Å²) in [5.74, 6) is 1.91. The minimum absolute atomic E-state index is 0.146. The average Bonchev–Trinajstić information content (AvgIpc) is 3.58. The maximum Gasteiger partial charge on any atom is 0.407 e. The highest BCUT2D eigenvalue weighted by molar-refractivity contribution is 5.68. The molecule has 3 aliphatic heterocycles. The van der Waals surface area contributed by atoms with Crippen LogP contribution in [0.25, 0.3) is 11.3 Å². The largest absolute Gasteiger partial charge is 0.454 e. The SMILES string of the molecule is O=C(NC1CCCCC1)O[C@@H]1CO[C@H]2[C@H]1OC[C@H]2Nc1nccc(-c2ccc3c(c2)OCO3)n1. The molecule has 10 heteroatoms. The van der Waals surface area contributed by atoms with E-state index in [9.17, 15) is 4.79 Å². The van der Waals surface area contributed by atoms with Crippen LogP contribution in [0.3, 0.4) is 0 Å². The highest BCUT2D eigenvalue weighted by Gasteiger charge is 2.49. The van der Waals surface area contributed by atoms with E-state index in [0.717, 1.165) is 42.7 Å². The van der Waals surface area contributed by atoms with E-state index in [1.54, 1.807) is 6.20 Å². The highest BCUT2D eigenvalue weighted by Crippen LogP contribution is 2.36. The molecule has 2 N–H and O–H groups in total. The van der Waals surface area contributed by atoms with Crippen molar-refractivity contribution in [1.29, 1.82) is 0 Å². The van der Waals surface area contributed by atoms with Crippen molar-refractivity contribution in [3.63, 3.8) is 0 Å². The van der Waals surface area contributed by atoms with Crippen molar-refractivity contribution in [2.75, 3.05) is 25.3 Å². The maximum absolute atomic E-state index is 12.4. The standard InChI is InChI=1S/C24H28N4O6/c29-24(26-15-4-2-1-3-5-15)34-20-12-31-21-17(11-30-22(20)21)28-23-25-9-8-16(27-23)14-6-7-18-19(10-14)33-13-32-18/h6-10,15,17,20-22H,1-5,11-13H2,(H,26,29)(H,25,27,28)/t17-,20-,21-,22+/m1/s1. The first-order valence-corrected chi connectivity index (χ1v) is 11.9. The zero-order valence-corrected chi connectivity index (χ0v) is 18.8. The normalized spacial score (nSPS) is 27.9. The van der Waals surface area contributed by atoms with Crippen LogP contribution < -0.4 is 20.1 Å². The third-order valence-corrected chi connectivity index (χ3v) is 6.83. The number of anilines is 1.